The van der Waals surface area contributed by atoms with Gasteiger partial charge in [-0.05, 0) is 28.1 Å². The van der Waals surface area contributed by atoms with Crippen molar-refractivity contribution in [2.45, 2.75) is 0 Å². The van der Waals surface area contributed by atoms with Gasteiger partial charge in [-0.2, -0.15) is 0 Å². The summed E-state index contributed by atoms with van der Waals surface area (Å²) in [5, 5.41) is 8.90. The van der Waals surface area contributed by atoms with Crippen molar-refractivity contribution in [3.63, 3.8) is 0 Å². The van der Waals surface area contributed by atoms with Crippen molar-refractivity contribution >= 4 is 27.7 Å². The van der Waals surface area contributed by atoms with Gasteiger partial charge in [0.1, 0.15) is 12.4 Å². The van der Waals surface area contributed by atoms with Crippen molar-refractivity contribution in [1.82, 2.24) is 0 Å². The Balaban J connectivity index is 3.05. The standard InChI is InChI=1S/C10H11BrFNO3/c1-16-9-6-7(2-3-8(9)11)13(5-4-12)10(14)15/h2-3,6H,4-5H2,1H3,(H,14,15). The number of rotatable bonds is 4. The first-order chi connectivity index (χ1) is 7.60. The molecule has 0 aliphatic rings. The molecule has 0 saturated carbocycles. The Morgan fingerprint density at radius 3 is 2.81 bits per heavy atom. The molecule has 0 heterocycles. The van der Waals surface area contributed by atoms with Crippen molar-refractivity contribution in [2.24, 2.45) is 0 Å². The number of amides is 1. The Morgan fingerprint density at radius 2 is 2.31 bits per heavy atom. The van der Waals surface area contributed by atoms with E-state index in [1.54, 1.807) is 12.1 Å². The monoisotopic (exact) mass is 291 g/mol. The van der Waals surface area contributed by atoms with E-state index in [0.29, 0.717) is 15.9 Å². The summed E-state index contributed by atoms with van der Waals surface area (Å²) in [6, 6.07) is 4.77. The number of anilines is 1. The lowest BCUT2D eigenvalue weighted by Gasteiger charge is -2.18. The molecule has 0 radical (unpaired) electrons. The summed E-state index contributed by atoms with van der Waals surface area (Å²) in [5.41, 5.74) is 0.380. The third-order valence-electron chi connectivity index (χ3n) is 1.99. The van der Waals surface area contributed by atoms with Crippen LogP contribution < -0.4 is 9.64 Å². The van der Waals surface area contributed by atoms with Gasteiger partial charge in [0.15, 0.2) is 0 Å². The molecule has 0 aliphatic carbocycles. The van der Waals surface area contributed by atoms with E-state index in [1.807, 2.05) is 0 Å². The molecule has 0 fully saturated rings. The van der Waals surface area contributed by atoms with Gasteiger partial charge in [-0.1, -0.05) is 0 Å². The fourth-order valence-corrected chi connectivity index (χ4v) is 1.64. The second-order valence-corrected chi connectivity index (χ2v) is 3.80. The highest BCUT2D eigenvalue weighted by molar-refractivity contribution is 9.10. The van der Waals surface area contributed by atoms with E-state index in [9.17, 15) is 9.18 Å². The zero-order chi connectivity index (χ0) is 12.1. The largest absolute Gasteiger partial charge is 0.495 e. The van der Waals surface area contributed by atoms with Crippen molar-refractivity contribution in [1.29, 1.82) is 0 Å². The Kier molecular flexibility index (Phi) is 4.54. The van der Waals surface area contributed by atoms with Crippen molar-refractivity contribution in [3.05, 3.63) is 22.7 Å². The third-order valence-corrected chi connectivity index (χ3v) is 2.64. The molecule has 1 aromatic rings. The average molecular weight is 292 g/mol. The summed E-state index contributed by atoms with van der Waals surface area (Å²) in [5.74, 6) is 0.502. The van der Waals surface area contributed by atoms with Gasteiger partial charge in [-0.25, -0.2) is 9.18 Å². The number of methoxy groups -OCH3 is 1. The maximum atomic E-state index is 12.2. The predicted octanol–water partition coefficient (Wildman–Crippen LogP) is 2.91. The number of carboxylic acid groups (broad SMARTS) is 1. The molecule has 0 atom stereocenters. The number of hydrogen-bond donors (Lipinski definition) is 1. The van der Waals surface area contributed by atoms with Crippen LogP contribution in [-0.2, 0) is 0 Å². The second-order valence-electron chi connectivity index (χ2n) is 2.94. The Morgan fingerprint density at radius 1 is 1.62 bits per heavy atom. The van der Waals surface area contributed by atoms with Crippen LogP contribution in [0.1, 0.15) is 0 Å². The van der Waals surface area contributed by atoms with Crippen LogP contribution in [0.2, 0.25) is 0 Å². The fraction of sp³-hybridized carbons (Fsp3) is 0.300. The lowest BCUT2D eigenvalue weighted by molar-refractivity contribution is 0.201. The van der Waals surface area contributed by atoms with Crippen LogP contribution in [0.3, 0.4) is 0 Å². The zero-order valence-electron chi connectivity index (χ0n) is 8.61. The minimum absolute atomic E-state index is 0.194. The van der Waals surface area contributed by atoms with E-state index in [4.69, 9.17) is 9.84 Å². The smallest absolute Gasteiger partial charge is 0.411 e. The number of carbonyl (C=O) groups is 1. The van der Waals surface area contributed by atoms with E-state index in [-0.39, 0.29) is 6.54 Å². The summed E-state index contributed by atoms with van der Waals surface area (Å²) in [4.78, 5) is 11.8. The van der Waals surface area contributed by atoms with Crippen LogP contribution in [0, 0.1) is 0 Å². The minimum atomic E-state index is -1.19. The molecule has 0 aromatic heterocycles. The van der Waals surface area contributed by atoms with Gasteiger partial charge in [0, 0.05) is 6.07 Å². The van der Waals surface area contributed by atoms with Crippen LogP contribution in [0.25, 0.3) is 0 Å². The molecule has 0 aliphatic heterocycles. The molecule has 0 bridgehead atoms. The van der Waals surface area contributed by atoms with Gasteiger partial charge >= 0.3 is 6.09 Å². The molecule has 1 rings (SSSR count). The lowest BCUT2D eigenvalue weighted by Crippen LogP contribution is -2.31. The summed E-state index contributed by atoms with van der Waals surface area (Å²) < 4.78 is 18.0. The predicted molar refractivity (Wildman–Crippen MR) is 62.0 cm³/mol. The molecule has 1 amide bonds. The molecule has 88 valence electrons. The summed E-state index contributed by atoms with van der Waals surface area (Å²) in [6.45, 7) is -0.926. The second kappa shape index (κ2) is 5.69. The van der Waals surface area contributed by atoms with Crippen LogP contribution in [0.15, 0.2) is 22.7 Å². The number of benzene rings is 1. The van der Waals surface area contributed by atoms with Gasteiger partial charge in [0.2, 0.25) is 0 Å². The van der Waals surface area contributed by atoms with Crippen LogP contribution >= 0.6 is 15.9 Å². The van der Waals surface area contributed by atoms with Gasteiger partial charge in [0.05, 0.1) is 23.8 Å². The Hall–Kier alpha value is -1.30. The SMILES string of the molecule is COc1cc(N(CCF)C(=O)O)ccc1Br. The van der Waals surface area contributed by atoms with Crippen molar-refractivity contribution in [3.8, 4) is 5.75 Å². The van der Waals surface area contributed by atoms with E-state index in [0.717, 1.165) is 4.90 Å². The molecule has 6 heteroatoms. The van der Waals surface area contributed by atoms with Gasteiger partial charge in [-0.3, -0.25) is 4.90 Å². The molecule has 1 N–H and O–H groups in total. The van der Waals surface area contributed by atoms with Crippen molar-refractivity contribution in [2.75, 3.05) is 25.2 Å². The minimum Gasteiger partial charge on any atom is -0.495 e. The van der Waals surface area contributed by atoms with E-state index < -0.39 is 12.8 Å². The average Bonchev–Trinajstić information content (AvgIpc) is 2.26. The van der Waals surface area contributed by atoms with Gasteiger partial charge in [0.25, 0.3) is 0 Å². The normalized spacial score (nSPS) is 9.94. The highest BCUT2D eigenvalue weighted by Gasteiger charge is 2.15. The number of nitrogens with zero attached hydrogens (tertiary/aromatic N) is 1. The highest BCUT2D eigenvalue weighted by Crippen LogP contribution is 2.29. The fourth-order valence-electron chi connectivity index (χ4n) is 1.24. The number of alkyl halides is 1. The van der Waals surface area contributed by atoms with E-state index in [2.05, 4.69) is 15.9 Å². The van der Waals surface area contributed by atoms with Crippen LogP contribution in [0.4, 0.5) is 14.9 Å². The molecule has 4 nitrogen and oxygen atoms in total. The molecule has 0 saturated heterocycles. The molecule has 1 aromatic carbocycles. The summed E-state index contributed by atoms with van der Waals surface area (Å²) in [7, 11) is 1.48. The highest BCUT2D eigenvalue weighted by atomic mass is 79.9. The topological polar surface area (TPSA) is 49.8 Å². The Labute approximate surface area is 101 Å². The van der Waals surface area contributed by atoms with Crippen LogP contribution in [0.5, 0.6) is 5.75 Å². The summed E-state index contributed by atoms with van der Waals surface area (Å²) >= 11 is 3.25. The maximum Gasteiger partial charge on any atom is 0.411 e. The lowest BCUT2D eigenvalue weighted by atomic mass is 10.3. The first kappa shape index (κ1) is 12.8. The quantitative estimate of drug-likeness (QED) is 0.928. The third kappa shape index (κ3) is 2.85. The summed E-state index contributed by atoms with van der Waals surface area (Å²) in [6.07, 6.45) is -1.19. The molecular weight excluding hydrogens is 281 g/mol. The van der Waals surface area contributed by atoms with Crippen LogP contribution in [-0.4, -0.2) is 31.5 Å². The van der Waals surface area contributed by atoms with E-state index in [1.165, 1.54) is 13.2 Å². The number of halogens is 2. The molecule has 0 unspecified atom stereocenters. The Bertz CT molecular complexity index is 386. The van der Waals surface area contributed by atoms with E-state index >= 15 is 0 Å². The van der Waals surface area contributed by atoms with Gasteiger partial charge in [-0.15, -0.1) is 0 Å². The van der Waals surface area contributed by atoms with Gasteiger partial charge < -0.3 is 9.84 Å². The first-order valence-electron chi connectivity index (χ1n) is 4.50. The molecule has 16 heavy (non-hydrogen) atoms. The van der Waals surface area contributed by atoms with Crippen molar-refractivity contribution < 1.29 is 19.0 Å². The number of ether oxygens (including phenoxy) is 1. The molecular formula is C10H11BrFNO3. The molecule has 0 spiro atoms. The first-order valence-corrected chi connectivity index (χ1v) is 5.29. The zero-order valence-corrected chi connectivity index (χ0v) is 10.2. The number of hydrogen-bond acceptors (Lipinski definition) is 2. The maximum absolute atomic E-state index is 12.2.